The Morgan fingerprint density at radius 3 is 2.90 bits per heavy atom. The van der Waals surface area contributed by atoms with Crippen molar-refractivity contribution in [1.29, 1.82) is 0 Å². The van der Waals surface area contributed by atoms with Crippen LogP contribution in [0.25, 0.3) is 10.2 Å². The lowest BCUT2D eigenvalue weighted by Gasteiger charge is -2.08. The van der Waals surface area contributed by atoms with E-state index in [-0.39, 0.29) is 5.91 Å². The van der Waals surface area contributed by atoms with Crippen LogP contribution in [0.2, 0.25) is 0 Å². The Bertz CT molecular complexity index is 730. The number of fused-ring (bicyclic) bond motifs is 1. The zero-order chi connectivity index (χ0) is 13.9. The van der Waals surface area contributed by atoms with E-state index in [2.05, 4.69) is 28.7 Å². The number of pyridine rings is 1. The molecule has 5 heteroatoms. The van der Waals surface area contributed by atoms with Crippen LogP contribution in [0.15, 0.2) is 42.0 Å². The van der Waals surface area contributed by atoms with E-state index in [0.29, 0.717) is 6.54 Å². The van der Waals surface area contributed by atoms with Crippen molar-refractivity contribution in [2.24, 2.45) is 0 Å². The molecular formula is C15H15N3OS. The standard InChI is InChI=1S/C15H15N3OS/c1-2-18-12-5-8-20-14(12)9-13(18)15(19)17-10-11-3-6-16-7-4-11/h3-9H,2,10H2,1H3,(H,17,19). The molecule has 0 radical (unpaired) electrons. The van der Waals surface area contributed by atoms with Crippen LogP contribution >= 0.6 is 11.3 Å². The lowest BCUT2D eigenvalue weighted by Crippen LogP contribution is -2.25. The van der Waals surface area contributed by atoms with E-state index in [1.165, 1.54) is 0 Å². The first kappa shape index (κ1) is 12.9. The maximum absolute atomic E-state index is 12.3. The summed E-state index contributed by atoms with van der Waals surface area (Å²) >= 11 is 1.66. The minimum absolute atomic E-state index is 0.0351. The van der Waals surface area contributed by atoms with E-state index < -0.39 is 0 Å². The molecule has 4 nitrogen and oxygen atoms in total. The number of amides is 1. The van der Waals surface area contributed by atoms with E-state index >= 15 is 0 Å². The van der Waals surface area contributed by atoms with Crippen LogP contribution in [-0.4, -0.2) is 15.5 Å². The second-order valence-corrected chi connectivity index (χ2v) is 5.43. The Kier molecular flexibility index (Phi) is 3.52. The first-order valence-electron chi connectivity index (χ1n) is 6.53. The Hall–Kier alpha value is -2.14. The smallest absolute Gasteiger partial charge is 0.268 e. The van der Waals surface area contributed by atoms with Crippen LogP contribution in [0.4, 0.5) is 0 Å². The van der Waals surface area contributed by atoms with Crippen molar-refractivity contribution < 1.29 is 4.79 Å². The molecule has 0 aromatic carbocycles. The number of carbonyl (C=O) groups is 1. The summed E-state index contributed by atoms with van der Waals surface area (Å²) in [5, 5.41) is 5.01. The molecule has 0 spiro atoms. The largest absolute Gasteiger partial charge is 0.347 e. The number of thiophene rings is 1. The van der Waals surface area contributed by atoms with Gasteiger partial charge in [0.05, 0.1) is 10.2 Å². The van der Waals surface area contributed by atoms with Gasteiger partial charge in [-0.05, 0) is 42.1 Å². The van der Waals surface area contributed by atoms with Gasteiger partial charge in [0, 0.05) is 25.5 Å². The molecule has 3 aromatic rings. The van der Waals surface area contributed by atoms with Crippen molar-refractivity contribution in [2.75, 3.05) is 0 Å². The number of hydrogen-bond donors (Lipinski definition) is 1. The highest BCUT2D eigenvalue weighted by Gasteiger charge is 2.14. The second kappa shape index (κ2) is 5.46. The van der Waals surface area contributed by atoms with E-state index in [9.17, 15) is 4.79 Å². The molecule has 0 aliphatic heterocycles. The second-order valence-electron chi connectivity index (χ2n) is 4.48. The van der Waals surface area contributed by atoms with Gasteiger partial charge in [-0.2, -0.15) is 0 Å². The van der Waals surface area contributed by atoms with Gasteiger partial charge in [0.25, 0.3) is 5.91 Å². The maximum Gasteiger partial charge on any atom is 0.268 e. The average Bonchev–Trinajstić information content (AvgIpc) is 3.06. The maximum atomic E-state index is 12.3. The van der Waals surface area contributed by atoms with Crippen LogP contribution in [0, 0.1) is 0 Å². The van der Waals surface area contributed by atoms with Crippen LogP contribution in [0.1, 0.15) is 23.0 Å². The van der Waals surface area contributed by atoms with E-state index in [4.69, 9.17) is 0 Å². The molecule has 3 rings (SSSR count). The SMILES string of the molecule is CCn1c(C(=O)NCc2ccncc2)cc2sccc21. The van der Waals surface area contributed by atoms with Crippen molar-refractivity contribution in [3.05, 3.63) is 53.3 Å². The molecule has 0 aliphatic carbocycles. The monoisotopic (exact) mass is 285 g/mol. The van der Waals surface area contributed by atoms with E-state index in [1.807, 2.05) is 22.8 Å². The normalized spacial score (nSPS) is 10.8. The van der Waals surface area contributed by atoms with Gasteiger partial charge in [0.1, 0.15) is 5.69 Å². The number of rotatable bonds is 4. The third-order valence-electron chi connectivity index (χ3n) is 3.27. The summed E-state index contributed by atoms with van der Waals surface area (Å²) in [4.78, 5) is 16.3. The van der Waals surface area contributed by atoms with Crippen molar-refractivity contribution in [3.8, 4) is 0 Å². The highest BCUT2D eigenvalue weighted by Crippen LogP contribution is 2.25. The molecule has 3 aromatic heterocycles. The predicted molar refractivity (Wildman–Crippen MR) is 80.9 cm³/mol. The quantitative estimate of drug-likeness (QED) is 0.801. The number of hydrogen-bond acceptors (Lipinski definition) is 3. The van der Waals surface area contributed by atoms with Gasteiger partial charge in [-0.3, -0.25) is 9.78 Å². The van der Waals surface area contributed by atoms with Crippen LogP contribution in [0.5, 0.6) is 0 Å². The first-order chi connectivity index (χ1) is 9.79. The molecule has 0 fully saturated rings. The summed E-state index contributed by atoms with van der Waals surface area (Å²) in [5.41, 5.74) is 2.90. The third-order valence-corrected chi connectivity index (χ3v) is 4.13. The van der Waals surface area contributed by atoms with Gasteiger partial charge in [0.15, 0.2) is 0 Å². The fraction of sp³-hybridized carbons (Fsp3) is 0.200. The van der Waals surface area contributed by atoms with E-state index in [0.717, 1.165) is 28.0 Å². The molecule has 3 heterocycles. The summed E-state index contributed by atoms with van der Waals surface area (Å²) in [6.45, 7) is 3.36. The molecule has 0 saturated carbocycles. The zero-order valence-electron chi connectivity index (χ0n) is 11.2. The summed E-state index contributed by atoms with van der Waals surface area (Å²) in [5.74, 6) is -0.0351. The molecule has 0 atom stereocenters. The lowest BCUT2D eigenvalue weighted by atomic mass is 10.2. The van der Waals surface area contributed by atoms with Gasteiger partial charge in [0.2, 0.25) is 0 Å². The van der Waals surface area contributed by atoms with Crippen molar-refractivity contribution in [3.63, 3.8) is 0 Å². The van der Waals surface area contributed by atoms with Gasteiger partial charge in [-0.15, -0.1) is 11.3 Å². The third kappa shape index (κ3) is 2.32. The first-order valence-corrected chi connectivity index (χ1v) is 7.41. The highest BCUT2D eigenvalue weighted by molar-refractivity contribution is 7.17. The Morgan fingerprint density at radius 2 is 2.15 bits per heavy atom. The predicted octanol–water partition coefficient (Wildman–Crippen LogP) is 3.05. The van der Waals surface area contributed by atoms with Crippen LogP contribution < -0.4 is 5.32 Å². The fourth-order valence-electron chi connectivity index (χ4n) is 2.28. The Morgan fingerprint density at radius 1 is 1.35 bits per heavy atom. The van der Waals surface area contributed by atoms with Gasteiger partial charge >= 0.3 is 0 Å². The summed E-state index contributed by atoms with van der Waals surface area (Å²) in [6, 6.07) is 7.82. The van der Waals surface area contributed by atoms with E-state index in [1.54, 1.807) is 23.7 Å². The minimum atomic E-state index is -0.0351. The minimum Gasteiger partial charge on any atom is -0.347 e. The number of aromatic nitrogens is 2. The molecule has 0 aliphatic rings. The topological polar surface area (TPSA) is 46.9 Å². The molecule has 0 unspecified atom stereocenters. The zero-order valence-corrected chi connectivity index (χ0v) is 12.0. The molecule has 0 saturated heterocycles. The molecule has 1 N–H and O–H groups in total. The van der Waals surface area contributed by atoms with Gasteiger partial charge in [-0.1, -0.05) is 0 Å². The number of carbonyl (C=O) groups excluding carboxylic acids is 1. The highest BCUT2D eigenvalue weighted by atomic mass is 32.1. The fourth-order valence-corrected chi connectivity index (χ4v) is 3.10. The Balaban J connectivity index is 1.80. The van der Waals surface area contributed by atoms with Crippen LogP contribution in [0.3, 0.4) is 0 Å². The molecule has 102 valence electrons. The number of nitrogens with one attached hydrogen (secondary N) is 1. The van der Waals surface area contributed by atoms with Gasteiger partial charge < -0.3 is 9.88 Å². The number of nitrogens with zero attached hydrogens (tertiary/aromatic N) is 2. The summed E-state index contributed by atoms with van der Waals surface area (Å²) in [6.07, 6.45) is 3.46. The van der Waals surface area contributed by atoms with Gasteiger partial charge in [-0.25, -0.2) is 0 Å². The molecule has 20 heavy (non-hydrogen) atoms. The Labute approximate surface area is 121 Å². The lowest BCUT2D eigenvalue weighted by molar-refractivity contribution is 0.0942. The van der Waals surface area contributed by atoms with Crippen molar-refractivity contribution >= 4 is 27.5 Å². The summed E-state index contributed by atoms with van der Waals surface area (Å²) < 4.78 is 3.20. The van der Waals surface area contributed by atoms with Crippen LogP contribution in [-0.2, 0) is 13.1 Å². The number of aryl methyl sites for hydroxylation is 1. The van der Waals surface area contributed by atoms with Crippen molar-refractivity contribution in [2.45, 2.75) is 20.0 Å². The van der Waals surface area contributed by atoms with Crippen molar-refractivity contribution in [1.82, 2.24) is 14.9 Å². The molecular weight excluding hydrogens is 270 g/mol. The average molecular weight is 285 g/mol. The molecule has 0 bridgehead atoms. The summed E-state index contributed by atoms with van der Waals surface area (Å²) in [7, 11) is 0. The molecule has 1 amide bonds.